The number of nitrogens with one attached hydrogen (secondary N) is 2. The first-order valence-electron chi connectivity index (χ1n) is 8.47. The standard InChI is InChI=1S/C21H22ClN3O/c1-4-16-6-8-17(9-7-16)15(3)25-21(26)18(12-23)13-24-20-11-19(22)10-5-14(20)2/h5-11,13,15,24H,4H2,1-3H3,(H,25,26)/b18-13-. The summed E-state index contributed by atoms with van der Waals surface area (Å²) in [4.78, 5) is 12.4. The Balaban J connectivity index is 2.07. The van der Waals surface area contributed by atoms with Gasteiger partial charge in [-0.1, -0.05) is 48.9 Å². The minimum absolute atomic E-state index is 0.00130. The van der Waals surface area contributed by atoms with Crippen molar-refractivity contribution in [2.24, 2.45) is 0 Å². The summed E-state index contributed by atoms with van der Waals surface area (Å²) in [6.07, 6.45) is 2.37. The van der Waals surface area contributed by atoms with Crippen molar-refractivity contribution in [3.8, 4) is 6.07 Å². The lowest BCUT2D eigenvalue weighted by molar-refractivity contribution is -0.117. The van der Waals surface area contributed by atoms with Gasteiger partial charge in [-0.2, -0.15) is 5.26 Å². The molecule has 4 nitrogen and oxygen atoms in total. The van der Waals surface area contributed by atoms with Gasteiger partial charge < -0.3 is 10.6 Å². The van der Waals surface area contributed by atoms with Crippen molar-refractivity contribution < 1.29 is 4.79 Å². The molecule has 0 aliphatic carbocycles. The Morgan fingerprint density at radius 2 is 1.96 bits per heavy atom. The zero-order valence-electron chi connectivity index (χ0n) is 15.1. The summed E-state index contributed by atoms with van der Waals surface area (Å²) in [7, 11) is 0. The van der Waals surface area contributed by atoms with Gasteiger partial charge in [0.05, 0.1) is 6.04 Å². The van der Waals surface area contributed by atoms with Crippen LogP contribution in [0.1, 0.15) is 36.6 Å². The Kier molecular flexibility index (Phi) is 6.82. The molecular weight excluding hydrogens is 346 g/mol. The molecule has 5 heteroatoms. The van der Waals surface area contributed by atoms with Crippen LogP contribution in [0.2, 0.25) is 5.02 Å². The normalized spacial score (nSPS) is 12.2. The van der Waals surface area contributed by atoms with Gasteiger partial charge in [0.15, 0.2) is 0 Å². The SMILES string of the molecule is CCc1ccc(C(C)NC(=O)/C(C#N)=C\Nc2cc(Cl)ccc2C)cc1. The molecule has 0 fully saturated rings. The number of carbonyl (C=O) groups is 1. The van der Waals surface area contributed by atoms with Gasteiger partial charge in [0.2, 0.25) is 0 Å². The Labute approximate surface area is 159 Å². The lowest BCUT2D eigenvalue weighted by Crippen LogP contribution is -2.28. The minimum Gasteiger partial charge on any atom is -0.360 e. The van der Waals surface area contributed by atoms with Crippen LogP contribution in [0.15, 0.2) is 54.2 Å². The molecule has 0 saturated heterocycles. The number of halogens is 1. The lowest BCUT2D eigenvalue weighted by Gasteiger charge is -2.14. The molecule has 0 radical (unpaired) electrons. The topological polar surface area (TPSA) is 64.9 Å². The molecule has 26 heavy (non-hydrogen) atoms. The second-order valence-corrected chi connectivity index (χ2v) is 6.50. The number of nitrogens with zero attached hydrogens (tertiary/aromatic N) is 1. The third kappa shape index (κ3) is 5.11. The van der Waals surface area contributed by atoms with Crippen LogP contribution in [0, 0.1) is 18.3 Å². The minimum atomic E-state index is -0.424. The van der Waals surface area contributed by atoms with Crippen LogP contribution in [-0.4, -0.2) is 5.91 Å². The van der Waals surface area contributed by atoms with E-state index < -0.39 is 5.91 Å². The van der Waals surface area contributed by atoms with Crippen LogP contribution in [0.5, 0.6) is 0 Å². The van der Waals surface area contributed by atoms with Gasteiger partial charge in [0.1, 0.15) is 11.6 Å². The van der Waals surface area contributed by atoms with E-state index in [-0.39, 0.29) is 11.6 Å². The van der Waals surface area contributed by atoms with Gasteiger partial charge in [0.25, 0.3) is 5.91 Å². The number of aryl methyl sites for hydroxylation is 2. The summed E-state index contributed by atoms with van der Waals surface area (Å²) in [6, 6.07) is 15.2. The van der Waals surface area contributed by atoms with Crippen LogP contribution in [0.3, 0.4) is 0 Å². The Morgan fingerprint density at radius 1 is 1.27 bits per heavy atom. The third-order valence-electron chi connectivity index (χ3n) is 4.17. The number of rotatable bonds is 6. The number of hydrogen-bond acceptors (Lipinski definition) is 3. The van der Waals surface area contributed by atoms with E-state index in [1.54, 1.807) is 12.1 Å². The van der Waals surface area contributed by atoms with Crippen molar-refractivity contribution in [3.05, 3.63) is 76.0 Å². The average molecular weight is 368 g/mol. The molecular formula is C21H22ClN3O. The zero-order valence-corrected chi connectivity index (χ0v) is 15.9. The van der Waals surface area contributed by atoms with Gasteiger partial charge >= 0.3 is 0 Å². The van der Waals surface area contributed by atoms with Crippen LogP contribution < -0.4 is 10.6 Å². The van der Waals surface area contributed by atoms with E-state index in [1.807, 2.05) is 50.2 Å². The summed E-state index contributed by atoms with van der Waals surface area (Å²) in [5, 5.41) is 15.7. The molecule has 1 amide bonds. The van der Waals surface area contributed by atoms with Gasteiger partial charge in [-0.05, 0) is 49.1 Å². The van der Waals surface area contributed by atoms with Crippen molar-refractivity contribution in [2.45, 2.75) is 33.2 Å². The Bertz CT molecular complexity index is 851. The predicted octanol–water partition coefficient (Wildman–Crippen LogP) is 4.91. The molecule has 0 bridgehead atoms. The summed E-state index contributed by atoms with van der Waals surface area (Å²) < 4.78 is 0. The van der Waals surface area contributed by atoms with Crippen molar-refractivity contribution in [1.29, 1.82) is 5.26 Å². The molecule has 2 rings (SSSR count). The van der Waals surface area contributed by atoms with Gasteiger partial charge in [-0.15, -0.1) is 0 Å². The molecule has 1 unspecified atom stereocenters. The number of amides is 1. The van der Waals surface area contributed by atoms with Crippen molar-refractivity contribution in [2.75, 3.05) is 5.32 Å². The summed E-state index contributed by atoms with van der Waals surface area (Å²) in [5.41, 5.74) is 3.95. The first-order valence-corrected chi connectivity index (χ1v) is 8.85. The van der Waals surface area contributed by atoms with E-state index in [0.29, 0.717) is 5.02 Å². The van der Waals surface area contributed by atoms with E-state index in [1.165, 1.54) is 11.8 Å². The van der Waals surface area contributed by atoms with E-state index in [2.05, 4.69) is 17.6 Å². The lowest BCUT2D eigenvalue weighted by atomic mass is 10.0. The Hall–Kier alpha value is -2.77. The number of nitriles is 1. The summed E-state index contributed by atoms with van der Waals surface area (Å²) in [5.74, 6) is -0.424. The quantitative estimate of drug-likeness (QED) is 0.563. The predicted molar refractivity (Wildman–Crippen MR) is 106 cm³/mol. The smallest absolute Gasteiger partial charge is 0.263 e. The van der Waals surface area contributed by atoms with Gasteiger partial charge in [0, 0.05) is 16.9 Å². The largest absolute Gasteiger partial charge is 0.360 e. The fourth-order valence-electron chi connectivity index (χ4n) is 2.45. The molecule has 2 N–H and O–H groups in total. The first-order chi connectivity index (χ1) is 12.4. The maximum Gasteiger partial charge on any atom is 0.263 e. The molecule has 0 aliphatic rings. The monoisotopic (exact) mass is 367 g/mol. The van der Waals surface area contributed by atoms with E-state index in [0.717, 1.165) is 23.2 Å². The maximum absolute atomic E-state index is 12.4. The van der Waals surface area contributed by atoms with Gasteiger partial charge in [-0.25, -0.2) is 0 Å². The number of benzene rings is 2. The molecule has 0 aromatic heterocycles. The molecule has 0 spiro atoms. The van der Waals surface area contributed by atoms with E-state index in [4.69, 9.17) is 11.6 Å². The van der Waals surface area contributed by atoms with Gasteiger partial charge in [-0.3, -0.25) is 4.79 Å². The average Bonchev–Trinajstić information content (AvgIpc) is 2.64. The molecule has 2 aromatic carbocycles. The second-order valence-electron chi connectivity index (χ2n) is 6.06. The Morgan fingerprint density at radius 3 is 2.58 bits per heavy atom. The van der Waals surface area contributed by atoms with Crippen molar-refractivity contribution >= 4 is 23.2 Å². The van der Waals surface area contributed by atoms with Crippen LogP contribution >= 0.6 is 11.6 Å². The molecule has 0 saturated carbocycles. The summed E-state index contributed by atoms with van der Waals surface area (Å²) >= 11 is 5.98. The highest BCUT2D eigenvalue weighted by atomic mass is 35.5. The first kappa shape index (κ1) is 19.6. The van der Waals surface area contributed by atoms with Crippen molar-refractivity contribution in [1.82, 2.24) is 5.32 Å². The van der Waals surface area contributed by atoms with Crippen LogP contribution in [-0.2, 0) is 11.2 Å². The second kappa shape index (κ2) is 9.07. The number of carbonyl (C=O) groups excluding carboxylic acids is 1. The van der Waals surface area contributed by atoms with E-state index >= 15 is 0 Å². The zero-order chi connectivity index (χ0) is 19.1. The summed E-state index contributed by atoms with van der Waals surface area (Å²) in [6.45, 7) is 5.90. The third-order valence-corrected chi connectivity index (χ3v) is 4.41. The van der Waals surface area contributed by atoms with E-state index in [9.17, 15) is 10.1 Å². The van der Waals surface area contributed by atoms with Crippen molar-refractivity contribution in [3.63, 3.8) is 0 Å². The fraction of sp³-hybridized carbons (Fsp3) is 0.238. The number of anilines is 1. The number of hydrogen-bond donors (Lipinski definition) is 2. The highest BCUT2D eigenvalue weighted by molar-refractivity contribution is 6.30. The van der Waals surface area contributed by atoms with Crippen LogP contribution in [0.4, 0.5) is 5.69 Å². The molecule has 0 heterocycles. The molecule has 134 valence electrons. The highest BCUT2D eigenvalue weighted by Gasteiger charge is 2.14. The maximum atomic E-state index is 12.4. The molecule has 1 atom stereocenters. The molecule has 0 aliphatic heterocycles. The fourth-order valence-corrected chi connectivity index (χ4v) is 2.62. The molecule has 2 aromatic rings. The van der Waals surface area contributed by atoms with Crippen LogP contribution in [0.25, 0.3) is 0 Å². The highest BCUT2D eigenvalue weighted by Crippen LogP contribution is 2.20.